The first-order chi connectivity index (χ1) is 12.6. The highest BCUT2D eigenvalue weighted by Gasteiger charge is 2.54. The van der Waals surface area contributed by atoms with Crippen LogP contribution in [0.1, 0.15) is 27.7 Å². The third-order valence-electron chi connectivity index (χ3n) is 3.42. The maximum absolute atomic E-state index is 12.1. The lowest BCUT2D eigenvalue weighted by molar-refractivity contribution is -0.253. The Labute approximate surface area is 155 Å². The third kappa shape index (κ3) is 6.51. The van der Waals surface area contributed by atoms with Crippen LogP contribution >= 0.6 is 0 Å². The molecule has 0 aromatic carbocycles. The number of carbonyl (C=O) groups excluding carboxylic acids is 5. The van der Waals surface area contributed by atoms with Crippen molar-refractivity contribution in [3.05, 3.63) is 0 Å². The summed E-state index contributed by atoms with van der Waals surface area (Å²) in [5, 5.41) is 0. The molecule has 0 unspecified atom stereocenters. The molecule has 1 rings (SSSR count). The van der Waals surface area contributed by atoms with Gasteiger partial charge in [0.2, 0.25) is 0 Å². The zero-order valence-electron chi connectivity index (χ0n) is 15.6. The molecular formula is C16H22O11. The van der Waals surface area contributed by atoms with E-state index in [1.807, 2.05) is 0 Å². The molecule has 0 radical (unpaired) electrons. The number of hydrogen-bond acceptors (Lipinski definition) is 11. The molecule has 11 heteroatoms. The Bertz CT molecular complexity index is 599. The van der Waals surface area contributed by atoms with Gasteiger partial charge in [0.25, 0.3) is 0 Å². The van der Waals surface area contributed by atoms with E-state index >= 15 is 0 Å². The number of esters is 5. The zero-order chi connectivity index (χ0) is 20.7. The highest BCUT2D eigenvalue weighted by atomic mass is 16.7. The molecule has 1 saturated heterocycles. The van der Waals surface area contributed by atoms with E-state index in [1.54, 1.807) is 0 Å². The van der Waals surface area contributed by atoms with E-state index in [4.69, 9.17) is 23.7 Å². The van der Waals surface area contributed by atoms with Crippen LogP contribution < -0.4 is 0 Å². The van der Waals surface area contributed by atoms with Crippen molar-refractivity contribution in [2.45, 2.75) is 58.2 Å². The Morgan fingerprint density at radius 2 is 1.22 bits per heavy atom. The fourth-order valence-electron chi connectivity index (χ4n) is 2.53. The van der Waals surface area contributed by atoms with E-state index in [1.165, 1.54) is 0 Å². The number of rotatable bonds is 6. The van der Waals surface area contributed by atoms with Crippen LogP contribution in [0.15, 0.2) is 0 Å². The van der Waals surface area contributed by atoms with Gasteiger partial charge in [0.15, 0.2) is 24.4 Å². The topological polar surface area (TPSA) is 141 Å². The molecule has 0 spiro atoms. The minimum absolute atomic E-state index is 0.411. The number of methoxy groups -OCH3 is 1. The van der Waals surface area contributed by atoms with Crippen molar-refractivity contribution in [2.24, 2.45) is 0 Å². The number of carbonyl (C=O) groups is 5. The van der Waals surface area contributed by atoms with Crippen LogP contribution in [0, 0.1) is 0 Å². The van der Waals surface area contributed by atoms with Gasteiger partial charge in [0, 0.05) is 27.7 Å². The van der Waals surface area contributed by atoms with Gasteiger partial charge in [-0.2, -0.15) is 0 Å². The van der Waals surface area contributed by atoms with Crippen molar-refractivity contribution < 1.29 is 52.4 Å². The molecule has 1 aliphatic rings. The Morgan fingerprint density at radius 3 is 1.67 bits per heavy atom. The molecule has 11 nitrogen and oxygen atoms in total. The molecule has 27 heavy (non-hydrogen) atoms. The molecule has 0 saturated carbocycles. The highest BCUT2D eigenvalue weighted by Crippen LogP contribution is 2.29. The molecule has 0 amide bonds. The monoisotopic (exact) mass is 390 g/mol. The van der Waals surface area contributed by atoms with Crippen LogP contribution in [0.4, 0.5) is 0 Å². The second-order valence-electron chi connectivity index (χ2n) is 5.64. The van der Waals surface area contributed by atoms with Gasteiger partial charge < -0.3 is 28.4 Å². The van der Waals surface area contributed by atoms with Crippen molar-refractivity contribution >= 4 is 29.8 Å². The van der Waals surface area contributed by atoms with Crippen LogP contribution in [-0.2, 0) is 52.4 Å². The van der Waals surface area contributed by atoms with Gasteiger partial charge >= 0.3 is 29.8 Å². The zero-order valence-corrected chi connectivity index (χ0v) is 15.6. The predicted molar refractivity (Wildman–Crippen MR) is 84.0 cm³/mol. The standard InChI is InChI=1S/C16H22O11/c1-7(17)23-6-11-12(24-8(2)18)13(25-9(3)19)14(26-10(4)20)15(27-11)16(21)22-5/h11-15H,6H2,1-5H3/t11-,12+,13+,14-,15-/m1/s1. The largest absolute Gasteiger partial charge is 0.467 e. The molecule has 1 aliphatic heterocycles. The average molecular weight is 390 g/mol. The SMILES string of the molecule is COC(=O)[C@@H]1O[C@H](COC(C)=O)[C@H](OC(C)=O)[C@H](OC(C)=O)[C@H]1OC(C)=O. The van der Waals surface area contributed by atoms with E-state index in [-0.39, 0.29) is 0 Å². The normalized spacial score (nSPS) is 27.1. The minimum Gasteiger partial charge on any atom is -0.467 e. The number of hydrogen-bond donors (Lipinski definition) is 0. The summed E-state index contributed by atoms with van der Waals surface area (Å²) in [4.78, 5) is 57.8. The summed E-state index contributed by atoms with van der Waals surface area (Å²) in [5.41, 5.74) is 0. The van der Waals surface area contributed by atoms with E-state index in [2.05, 4.69) is 4.74 Å². The Morgan fingerprint density at radius 1 is 0.741 bits per heavy atom. The first kappa shape index (κ1) is 22.4. The molecule has 0 aliphatic carbocycles. The summed E-state index contributed by atoms with van der Waals surface area (Å²) >= 11 is 0. The second kappa shape index (κ2) is 9.86. The van der Waals surface area contributed by atoms with Crippen molar-refractivity contribution in [2.75, 3.05) is 13.7 Å². The van der Waals surface area contributed by atoms with Gasteiger partial charge in [0.1, 0.15) is 12.7 Å². The summed E-state index contributed by atoms with van der Waals surface area (Å²) in [5.74, 6) is -3.92. The Hall–Kier alpha value is -2.69. The van der Waals surface area contributed by atoms with Gasteiger partial charge in [-0.3, -0.25) is 19.2 Å². The van der Waals surface area contributed by atoms with Gasteiger partial charge in [-0.05, 0) is 0 Å². The molecule has 0 aromatic rings. The predicted octanol–water partition coefficient (Wildman–Crippen LogP) is -0.715. The van der Waals surface area contributed by atoms with Crippen molar-refractivity contribution in [3.63, 3.8) is 0 Å². The fraction of sp³-hybridized carbons (Fsp3) is 0.688. The number of ether oxygens (including phenoxy) is 6. The molecular weight excluding hydrogens is 368 g/mol. The van der Waals surface area contributed by atoms with E-state index in [0.29, 0.717) is 0 Å². The Kier molecular flexibility index (Phi) is 8.16. The van der Waals surface area contributed by atoms with Crippen LogP contribution in [0.25, 0.3) is 0 Å². The second-order valence-corrected chi connectivity index (χ2v) is 5.64. The van der Waals surface area contributed by atoms with E-state index < -0.39 is 67.0 Å². The fourth-order valence-corrected chi connectivity index (χ4v) is 2.53. The first-order valence-electron chi connectivity index (χ1n) is 7.95. The minimum atomic E-state index is -1.50. The maximum atomic E-state index is 12.1. The van der Waals surface area contributed by atoms with Crippen LogP contribution in [0.5, 0.6) is 0 Å². The average Bonchev–Trinajstić information content (AvgIpc) is 2.54. The smallest absolute Gasteiger partial charge is 0.339 e. The Balaban J connectivity index is 3.33. The first-order valence-corrected chi connectivity index (χ1v) is 7.95. The summed E-state index contributed by atoms with van der Waals surface area (Å²) in [7, 11) is 1.08. The molecule has 1 fully saturated rings. The van der Waals surface area contributed by atoms with E-state index in [0.717, 1.165) is 34.8 Å². The molecule has 152 valence electrons. The lowest BCUT2D eigenvalue weighted by Crippen LogP contribution is -2.64. The highest BCUT2D eigenvalue weighted by molar-refractivity contribution is 5.77. The van der Waals surface area contributed by atoms with Crippen LogP contribution in [-0.4, -0.2) is 74.1 Å². The van der Waals surface area contributed by atoms with Crippen LogP contribution in [0.2, 0.25) is 0 Å². The third-order valence-corrected chi connectivity index (χ3v) is 3.42. The molecule has 1 heterocycles. The van der Waals surface area contributed by atoms with E-state index in [9.17, 15) is 24.0 Å². The maximum Gasteiger partial charge on any atom is 0.339 e. The van der Waals surface area contributed by atoms with Gasteiger partial charge in [-0.25, -0.2) is 4.79 Å². The molecule has 0 N–H and O–H groups in total. The molecule has 0 aromatic heterocycles. The van der Waals surface area contributed by atoms with Gasteiger partial charge in [-0.1, -0.05) is 0 Å². The molecule has 5 atom stereocenters. The summed E-state index contributed by atoms with van der Waals surface area (Å²) in [6.07, 6.45) is -6.84. The van der Waals surface area contributed by atoms with Crippen molar-refractivity contribution in [3.8, 4) is 0 Å². The lowest BCUT2D eigenvalue weighted by atomic mass is 9.94. The summed E-state index contributed by atoms with van der Waals surface area (Å²) in [6.45, 7) is 3.99. The van der Waals surface area contributed by atoms with Gasteiger partial charge in [0.05, 0.1) is 7.11 Å². The van der Waals surface area contributed by atoms with Crippen molar-refractivity contribution in [1.29, 1.82) is 0 Å². The lowest BCUT2D eigenvalue weighted by Gasteiger charge is -2.43. The summed E-state index contributed by atoms with van der Waals surface area (Å²) < 4.78 is 30.4. The van der Waals surface area contributed by atoms with Gasteiger partial charge in [-0.15, -0.1) is 0 Å². The molecule has 0 bridgehead atoms. The van der Waals surface area contributed by atoms with Crippen molar-refractivity contribution in [1.82, 2.24) is 0 Å². The summed E-state index contributed by atoms with van der Waals surface area (Å²) in [6, 6.07) is 0. The quantitative estimate of drug-likeness (QED) is 0.419. The van der Waals surface area contributed by atoms with Crippen LogP contribution in [0.3, 0.4) is 0 Å².